The summed E-state index contributed by atoms with van der Waals surface area (Å²) in [7, 11) is 4.81. The molecule has 0 aliphatic heterocycles. The summed E-state index contributed by atoms with van der Waals surface area (Å²) in [4.78, 5) is 39.5. The van der Waals surface area contributed by atoms with E-state index in [2.05, 4.69) is 25.6 Å². The van der Waals surface area contributed by atoms with E-state index in [1.54, 1.807) is 88.5 Å². The van der Waals surface area contributed by atoms with Crippen LogP contribution < -0.4 is 31.4 Å². The van der Waals surface area contributed by atoms with Crippen LogP contribution in [-0.2, 0) is 17.8 Å². The van der Waals surface area contributed by atoms with Gasteiger partial charge < -0.3 is 25.8 Å². The van der Waals surface area contributed by atoms with Crippen LogP contribution in [0.3, 0.4) is 0 Å². The second-order valence-electron chi connectivity index (χ2n) is 10.1. The summed E-state index contributed by atoms with van der Waals surface area (Å²) in [6.45, 7) is 3.67. The minimum atomic E-state index is -0.823. The molecule has 3 aromatic heterocycles. The quantitative estimate of drug-likeness (QED) is 0.191. The van der Waals surface area contributed by atoms with Gasteiger partial charge in [0.1, 0.15) is 34.6 Å². The van der Waals surface area contributed by atoms with Crippen LogP contribution >= 0.6 is 0 Å². The van der Waals surface area contributed by atoms with E-state index < -0.39 is 11.4 Å². The van der Waals surface area contributed by atoms with Crippen molar-refractivity contribution in [3.05, 3.63) is 76.4 Å². The van der Waals surface area contributed by atoms with Crippen molar-refractivity contribution in [1.29, 1.82) is 5.26 Å². The summed E-state index contributed by atoms with van der Waals surface area (Å²) in [5.74, 6) is 1.18. The van der Waals surface area contributed by atoms with Crippen LogP contribution in [0.1, 0.15) is 19.4 Å². The highest BCUT2D eigenvalue weighted by Crippen LogP contribution is 2.29. The number of benzene rings is 1. The summed E-state index contributed by atoms with van der Waals surface area (Å²) in [6, 6.07) is 12.3. The van der Waals surface area contributed by atoms with Gasteiger partial charge in [0.25, 0.3) is 11.5 Å². The van der Waals surface area contributed by atoms with Crippen LogP contribution in [0, 0.1) is 11.3 Å². The van der Waals surface area contributed by atoms with Crippen LogP contribution in [0.5, 0.6) is 11.5 Å². The average Bonchev–Trinajstić information content (AvgIpc) is 2.98. The minimum absolute atomic E-state index is 0.101. The number of ether oxygens (including phenoxy) is 2. The van der Waals surface area contributed by atoms with Crippen molar-refractivity contribution in [2.24, 2.45) is 5.73 Å². The average molecular weight is 569 g/mol. The van der Waals surface area contributed by atoms with E-state index in [9.17, 15) is 14.9 Å². The maximum atomic E-state index is 13.9. The maximum absolute atomic E-state index is 13.9. The van der Waals surface area contributed by atoms with Gasteiger partial charge in [0.2, 0.25) is 5.95 Å². The van der Waals surface area contributed by atoms with Crippen LogP contribution in [0.2, 0.25) is 0 Å². The second-order valence-corrected chi connectivity index (χ2v) is 10.1. The van der Waals surface area contributed by atoms with Crippen molar-refractivity contribution in [2.75, 3.05) is 31.9 Å². The number of nitrogens with one attached hydrogen (secondary N) is 2. The number of nitrogens with two attached hydrogens (primary N) is 1. The molecule has 0 radical (unpaired) electrons. The lowest BCUT2D eigenvalue weighted by molar-refractivity contribution is -0.112. The fourth-order valence-corrected chi connectivity index (χ4v) is 4.25. The lowest BCUT2D eigenvalue weighted by Crippen LogP contribution is -2.30. The van der Waals surface area contributed by atoms with E-state index in [1.807, 2.05) is 6.07 Å². The van der Waals surface area contributed by atoms with Gasteiger partial charge in [0, 0.05) is 48.5 Å². The fraction of sp³-hybridized carbons (Fsp3) is 0.267. The lowest BCUT2D eigenvalue weighted by Gasteiger charge is -2.14. The first-order valence-electron chi connectivity index (χ1n) is 13.0. The summed E-state index contributed by atoms with van der Waals surface area (Å²) in [5, 5.41) is 15.5. The first kappa shape index (κ1) is 29.7. The Morgan fingerprint density at radius 1 is 1.12 bits per heavy atom. The maximum Gasteiger partial charge on any atom is 0.267 e. The number of aromatic nitrogens is 4. The molecule has 0 atom stereocenters. The molecule has 4 rings (SSSR count). The van der Waals surface area contributed by atoms with Gasteiger partial charge in [-0.2, -0.15) is 10.2 Å². The number of nitrogens with zero attached hydrogens (tertiary/aromatic N) is 5. The Balaban J connectivity index is 1.65. The number of methoxy groups -OCH3 is 2. The highest BCUT2D eigenvalue weighted by atomic mass is 16.5. The summed E-state index contributed by atoms with van der Waals surface area (Å²) in [5.41, 5.74) is 7.12. The molecule has 0 aliphatic rings. The predicted octanol–water partition coefficient (Wildman–Crippen LogP) is 3.28. The molecule has 3 heterocycles. The molecule has 0 aliphatic carbocycles. The van der Waals surface area contributed by atoms with Gasteiger partial charge >= 0.3 is 0 Å². The Bertz CT molecular complexity index is 1730. The lowest BCUT2D eigenvalue weighted by atomic mass is 10.0. The van der Waals surface area contributed by atoms with E-state index in [0.29, 0.717) is 52.6 Å². The zero-order chi connectivity index (χ0) is 30.4. The molecule has 0 saturated carbocycles. The van der Waals surface area contributed by atoms with Crippen LogP contribution in [-0.4, -0.2) is 52.2 Å². The van der Waals surface area contributed by atoms with E-state index in [1.165, 1.54) is 6.08 Å². The number of anilines is 2. The van der Waals surface area contributed by atoms with Crippen molar-refractivity contribution in [2.45, 2.75) is 32.4 Å². The van der Waals surface area contributed by atoms with Crippen LogP contribution in [0.15, 0.2) is 65.2 Å². The SMILES string of the molecule is CNc1ncc2cc(-c3cc(OC)cc(OC)c3)c(=O)n(CCc3ccc(NC(=O)/C(C#N)=C/C(C)(C)N)nc3)c2n1. The molecule has 1 aromatic carbocycles. The third-order valence-electron chi connectivity index (χ3n) is 6.28. The number of fused-ring (bicyclic) bond motifs is 1. The Kier molecular flexibility index (Phi) is 8.83. The zero-order valence-corrected chi connectivity index (χ0v) is 24.1. The second kappa shape index (κ2) is 12.5. The zero-order valence-electron chi connectivity index (χ0n) is 24.1. The van der Waals surface area contributed by atoms with Crippen molar-refractivity contribution >= 4 is 28.7 Å². The standard InChI is InChI=1S/C30H32N8O4/c1-30(2,32)14-21(15-31)27(39)36-25-7-6-18(16-34-25)8-9-38-26-20(17-35-29(33-3)37-26)12-24(28(38)40)19-10-22(41-4)13-23(11-19)42-5/h6-7,10-14,16-17H,8-9,32H2,1-5H3,(H,33,35,37)(H,34,36,39)/b21-14+. The van der Waals surface area contributed by atoms with Gasteiger partial charge in [-0.05, 0) is 61.7 Å². The predicted molar refractivity (Wildman–Crippen MR) is 160 cm³/mol. The van der Waals surface area contributed by atoms with Crippen molar-refractivity contribution in [1.82, 2.24) is 19.5 Å². The fourth-order valence-electron chi connectivity index (χ4n) is 4.25. The third-order valence-corrected chi connectivity index (χ3v) is 6.28. The number of aryl methyl sites for hydroxylation is 2. The molecular formula is C30H32N8O4. The van der Waals surface area contributed by atoms with E-state index in [4.69, 9.17) is 15.2 Å². The van der Waals surface area contributed by atoms with E-state index in [-0.39, 0.29) is 17.0 Å². The topological polar surface area (TPSA) is 170 Å². The number of hydrogen-bond donors (Lipinski definition) is 3. The molecular weight excluding hydrogens is 536 g/mol. The first-order chi connectivity index (χ1) is 20.0. The normalized spacial score (nSPS) is 11.6. The summed E-state index contributed by atoms with van der Waals surface area (Å²) < 4.78 is 12.4. The molecule has 0 spiro atoms. The highest BCUT2D eigenvalue weighted by molar-refractivity contribution is 6.06. The number of amides is 1. The first-order valence-corrected chi connectivity index (χ1v) is 13.0. The van der Waals surface area contributed by atoms with Crippen LogP contribution in [0.25, 0.3) is 22.2 Å². The Hall–Kier alpha value is -5.28. The summed E-state index contributed by atoms with van der Waals surface area (Å²) in [6.07, 6.45) is 5.12. The molecule has 12 heteroatoms. The molecule has 12 nitrogen and oxygen atoms in total. The van der Waals surface area contributed by atoms with Gasteiger partial charge in [-0.15, -0.1) is 0 Å². The third kappa shape index (κ3) is 6.89. The molecule has 0 fully saturated rings. The molecule has 0 unspecified atom stereocenters. The number of pyridine rings is 2. The van der Waals surface area contributed by atoms with Gasteiger partial charge in [-0.1, -0.05) is 6.07 Å². The number of hydrogen-bond acceptors (Lipinski definition) is 10. The number of rotatable bonds is 10. The Morgan fingerprint density at radius 3 is 2.40 bits per heavy atom. The molecule has 4 aromatic rings. The van der Waals surface area contributed by atoms with E-state index >= 15 is 0 Å². The molecule has 4 N–H and O–H groups in total. The Morgan fingerprint density at radius 2 is 1.83 bits per heavy atom. The summed E-state index contributed by atoms with van der Waals surface area (Å²) >= 11 is 0. The molecule has 0 saturated heterocycles. The van der Waals surface area contributed by atoms with Crippen LogP contribution in [0.4, 0.5) is 11.8 Å². The molecule has 42 heavy (non-hydrogen) atoms. The largest absolute Gasteiger partial charge is 0.497 e. The Labute approximate surface area is 242 Å². The van der Waals surface area contributed by atoms with Crippen molar-refractivity contribution < 1.29 is 14.3 Å². The highest BCUT2D eigenvalue weighted by Gasteiger charge is 2.17. The molecule has 1 amide bonds. The van der Waals surface area contributed by atoms with Gasteiger partial charge in [-0.25, -0.2) is 9.97 Å². The van der Waals surface area contributed by atoms with Gasteiger partial charge in [0.05, 0.1) is 14.2 Å². The van der Waals surface area contributed by atoms with Gasteiger partial charge in [-0.3, -0.25) is 14.2 Å². The molecule has 216 valence electrons. The number of carbonyl (C=O) groups is 1. The van der Waals surface area contributed by atoms with Crippen molar-refractivity contribution in [3.8, 4) is 28.7 Å². The van der Waals surface area contributed by atoms with Crippen molar-refractivity contribution in [3.63, 3.8) is 0 Å². The molecule has 0 bridgehead atoms. The number of carbonyl (C=O) groups excluding carboxylic acids is 1. The van der Waals surface area contributed by atoms with Gasteiger partial charge in [0.15, 0.2) is 0 Å². The van der Waals surface area contributed by atoms with E-state index in [0.717, 1.165) is 5.56 Å². The monoisotopic (exact) mass is 568 g/mol. The number of nitriles is 1. The minimum Gasteiger partial charge on any atom is -0.497 e. The smallest absolute Gasteiger partial charge is 0.267 e.